The lowest BCUT2D eigenvalue weighted by Crippen LogP contribution is -2.31. The molecule has 1 aliphatic rings. The highest BCUT2D eigenvalue weighted by atomic mass is 16.5. The van der Waals surface area contributed by atoms with Crippen LogP contribution in [0.5, 0.6) is 0 Å². The minimum atomic E-state index is 0.444. The van der Waals surface area contributed by atoms with Crippen molar-refractivity contribution < 1.29 is 4.74 Å². The molecule has 0 saturated carbocycles. The molecule has 2 atom stereocenters. The number of nitrogens with zero attached hydrogens (tertiary/aromatic N) is 1. The molecule has 3 heteroatoms. The van der Waals surface area contributed by atoms with Crippen molar-refractivity contribution in [1.29, 1.82) is 0 Å². The molecule has 0 bridgehead atoms. The predicted octanol–water partition coefficient (Wildman–Crippen LogP) is 1.88. The summed E-state index contributed by atoms with van der Waals surface area (Å²) < 4.78 is 5.97. The van der Waals surface area contributed by atoms with Gasteiger partial charge in [-0.05, 0) is 39.9 Å². The number of hydrogen-bond donors (Lipinski definition) is 1. The molecular weight excluding hydrogens is 200 g/mol. The molecule has 3 nitrogen and oxygen atoms in total. The van der Waals surface area contributed by atoms with Crippen molar-refractivity contribution in [2.45, 2.75) is 51.2 Å². The van der Waals surface area contributed by atoms with E-state index < -0.39 is 0 Å². The topological polar surface area (TPSA) is 24.5 Å². The van der Waals surface area contributed by atoms with Gasteiger partial charge in [-0.15, -0.1) is 0 Å². The molecule has 0 aromatic heterocycles. The standard InChI is InChI=1S/C13H28N2O/c1-4-5-6-9-15(3)11-13-8-7-12(16-13)10-14-2/h12-14H,4-11H2,1-3H3. The van der Waals surface area contributed by atoms with Crippen molar-refractivity contribution in [3.63, 3.8) is 0 Å². The molecular formula is C13H28N2O. The van der Waals surface area contributed by atoms with Crippen molar-refractivity contribution in [3.8, 4) is 0 Å². The van der Waals surface area contributed by atoms with Crippen molar-refractivity contribution in [2.24, 2.45) is 0 Å². The van der Waals surface area contributed by atoms with Gasteiger partial charge in [-0.2, -0.15) is 0 Å². The third-order valence-electron chi connectivity index (χ3n) is 3.29. The van der Waals surface area contributed by atoms with Gasteiger partial charge < -0.3 is 15.0 Å². The lowest BCUT2D eigenvalue weighted by molar-refractivity contribution is 0.0285. The minimum Gasteiger partial charge on any atom is -0.372 e. The first-order valence-corrected chi connectivity index (χ1v) is 6.74. The van der Waals surface area contributed by atoms with Crippen LogP contribution in [0.4, 0.5) is 0 Å². The number of likely N-dealkylation sites (N-methyl/N-ethyl adjacent to an activating group) is 2. The molecule has 1 aliphatic heterocycles. The maximum atomic E-state index is 5.97. The van der Waals surface area contributed by atoms with Crippen LogP contribution < -0.4 is 5.32 Å². The van der Waals surface area contributed by atoms with E-state index in [0.717, 1.165) is 13.1 Å². The van der Waals surface area contributed by atoms with Crippen molar-refractivity contribution in [3.05, 3.63) is 0 Å². The first kappa shape index (κ1) is 13.9. The maximum Gasteiger partial charge on any atom is 0.0707 e. The highest BCUT2D eigenvalue weighted by Crippen LogP contribution is 2.19. The largest absolute Gasteiger partial charge is 0.372 e. The molecule has 1 saturated heterocycles. The summed E-state index contributed by atoms with van der Waals surface area (Å²) in [6.07, 6.45) is 7.32. The third kappa shape index (κ3) is 5.28. The van der Waals surface area contributed by atoms with Crippen LogP contribution in [0.3, 0.4) is 0 Å². The molecule has 1 heterocycles. The number of ether oxygens (including phenoxy) is 1. The number of rotatable bonds is 8. The highest BCUT2D eigenvalue weighted by molar-refractivity contribution is 4.76. The quantitative estimate of drug-likeness (QED) is 0.642. The molecule has 1 fully saturated rings. The van der Waals surface area contributed by atoms with E-state index in [1.807, 2.05) is 7.05 Å². The Morgan fingerprint density at radius 2 is 2.00 bits per heavy atom. The molecule has 2 unspecified atom stereocenters. The lowest BCUT2D eigenvalue weighted by Gasteiger charge is -2.21. The second-order valence-corrected chi connectivity index (χ2v) is 4.98. The normalized spacial score (nSPS) is 25.5. The average Bonchev–Trinajstić information content (AvgIpc) is 2.66. The average molecular weight is 228 g/mol. The number of unbranched alkanes of at least 4 members (excludes halogenated alkanes) is 2. The van der Waals surface area contributed by atoms with E-state index in [0.29, 0.717) is 12.2 Å². The summed E-state index contributed by atoms with van der Waals surface area (Å²) in [5.41, 5.74) is 0. The van der Waals surface area contributed by atoms with E-state index in [1.54, 1.807) is 0 Å². The van der Waals surface area contributed by atoms with Gasteiger partial charge in [-0.25, -0.2) is 0 Å². The fourth-order valence-electron chi connectivity index (χ4n) is 2.36. The first-order valence-electron chi connectivity index (χ1n) is 6.74. The van der Waals surface area contributed by atoms with Crippen LogP contribution in [0.2, 0.25) is 0 Å². The Labute approximate surface area is 101 Å². The van der Waals surface area contributed by atoms with Crippen LogP contribution in [0.25, 0.3) is 0 Å². The Kier molecular flexibility index (Phi) is 7.01. The van der Waals surface area contributed by atoms with Gasteiger partial charge in [0.2, 0.25) is 0 Å². The molecule has 0 aromatic rings. The van der Waals surface area contributed by atoms with Crippen LogP contribution in [0, 0.1) is 0 Å². The summed E-state index contributed by atoms with van der Waals surface area (Å²) in [5.74, 6) is 0. The van der Waals surface area contributed by atoms with Gasteiger partial charge in [0.1, 0.15) is 0 Å². The number of hydrogen-bond acceptors (Lipinski definition) is 3. The smallest absolute Gasteiger partial charge is 0.0707 e. The molecule has 0 aromatic carbocycles. The maximum absolute atomic E-state index is 5.97. The molecule has 16 heavy (non-hydrogen) atoms. The van der Waals surface area contributed by atoms with Crippen molar-refractivity contribution in [1.82, 2.24) is 10.2 Å². The zero-order chi connectivity index (χ0) is 11.8. The van der Waals surface area contributed by atoms with Crippen LogP contribution in [0.15, 0.2) is 0 Å². The molecule has 0 aliphatic carbocycles. The van der Waals surface area contributed by atoms with Crippen molar-refractivity contribution >= 4 is 0 Å². The number of nitrogens with one attached hydrogen (secondary N) is 1. The summed E-state index contributed by atoms with van der Waals surface area (Å²) in [5, 5.41) is 3.19. The summed E-state index contributed by atoms with van der Waals surface area (Å²) in [6, 6.07) is 0. The molecule has 0 radical (unpaired) electrons. The Balaban J connectivity index is 2.08. The van der Waals surface area contributed by atoms with Gasteiger partial charge in [0.25, 0.3) is 0 Å². The monoisotopic (exact) mass is 228 g/mol. The van der Waals surface area contributed by atoms with E-state index in [4.69, 9.17) is 4.74 Å². The summed E-state index contributed by atoms with van der Waals surface area (Å²) in [7, 11) is 4.21. The van der Waals surface area contributed by atoms with E-state index >= 15 is 0 Å². The Morgan fingerprint density at radius 3 is 2.69 bits per heavy atom. The summed E-state index contributed by atoms with van der Waals surface area (Å²) >= 11 is 0. The fourth-order valence-corrected chi connectivity index (χ4v) is 2.36. The minimum absolute atomic E-state index is 0.444. The van der Waals surface area contributed by atoms with Gasteiger partial charge in [0.15, 0.2) is 0 Å². The van der Waals surface area contributed by atoms with Crippen LogP contribution in [-0.2, 0) is 4.74 Å². The summed E-state index contributed by atoms with van der Waals surface area (Å²) in [6.45, 7) is 5.56. The van der Waals surface area contributed by atoms with Gasteiger partial charge in [0, 0.05) is 13.1 Å². The van der Waals surface area contributed by atoms with Crippen LogP contribution in [-0.4, -0.2) is 50.8 Å². The van der Waals surface area contributed by atoms with Gasteiger partial charge in [-0.1, -0.05) is 19.8 Å². The molecule has 0 spiro atoms. The Morgan fingerprint density at radius 1 is 1.25 bits per heavy atom. The molecule has 1 N–H and O–H groups in total. The van der Waals surface area contributed by atoms with E-state index in [9.17, 15) is 0 Å². The fraction of sp³-hybridized carbons (Fsp3) is 1.00. The zero-order valence-corrected chi connectivity index (χ0v) is 11.2. The Bertz CT molecular complexity index is 175. The van der Waals surface area contributed by atoms with E-state index in [1.165, 1.54) is 38.6 Å². The van der Waals surface area contributed by atoms with E-state index in [-0.39, 0.29) is 0 Å². The Hall–Kier alpha value is -0.120. The highest BCUT2D eigenvalue weighted by Gasteiger charge is 2.25. The van der Waals surface area contributed by atoms with Crippen LogP contribution >= 0.6 is 0 Å². The lowest BCUT2D eigenvalue weighted by atomic mass is 10.2. The SMILES string of the molecule is CCCCCN(C)CC1CCC(CNC)O1. The summed E-state index contributed by atoms with van der Waals surface area (Å²) in [4.78, 5) is 2.42. The van der Waals surface area contributed by atoms with Gasteiger partial charge in [-0.3, -0.25) is 0 Å². The third-order valence-corrected chi connectivity index (χ3v) is 3.29. The molecule has 96 valence electrons. The van der Waals surface area contributed by atoms with E-state index in [2.05, 4.69) is 24.2 Å². The van der Waals surface area contributed by atoms with Gasteiger partial charge >= 0.3 is 0 Å². The second kappa shape index (κ2) is 8.04. The molecule has 0 amide bonds. The molecule has 1 rings (SSSR count). The zero-order valence-electron chi connectivity index (χ0n) is 11.2. The second-order valence-electron chi connectivity index (χ2n) is 4.98. The predicted molar refractivity (Wildman–Crippen MR) is 68.8 cm³/mol. The van der Waals surface area contributed by atoms with Crippen LogP contribution in [0.1, 0.15) is 39.0 Å². The van der Waals surface area contributed by atoms with Gasteiger partial charge in [0.05, 0.1) is 12.2 Å². The first-order chi connectivity index (χ1) is 7.76. The van der Waals surface area contributed by atoms with Crippen molar-refractivity contribution in [2.75, 3.05) is 33.7 Å².